The van der Waals surface area contributed by atoms with Gasteiger partial charge in [-0.1, -0.05) is 41.9 Å². The lowest BCUT2D eigenvalue weighted by Gasteiger charge is -2.21. The fourth-order valence-electron chi connectivity index (χ4n) is 5.08. The van der Waals surface area contributed by atoms with Gasteiger partial charge < -0.3 is 24.8 Å². The number of esters is 1. The minimum Gasteiger partial charge on any atom is -0.497 e. The number of pyridine rings is 1. The highest BCUT2D eigenvalue weighted by molar-refractivity contribution is 6.30. The first-order chi connectivity index (χ1) is 24.8. The number of hydrogen-bond donors (Lipinski definition) is 2. The van der Waals surface area contributed by atoms with Crippen LogP contribution in [0.3, 0.4) is 0 Å². The molecule has 2 N–H and O–H groups in total. The van der Waals surface area contributed by atoms with Gasteiger partial charge in [-0.25, -0.2) is 4.79 Å². The molecular formula is C38H29ClF3N3O7. The van der Waals surface area contributed by atoms with Crippen LogP contribution in [0.2, 0.25) is 5.02 Å². The second kappa shape index (κ2) is 16.2. The van der Waals surface area contributed by atoms with E-state index in [1.54, 1.807) is 36.4 Å². The highest BCUT2D eigenvalue weighted by Gasteiger charge is 2.34. The molecule has 5 aromatic rings. The lowest BCUT2D eigenvalue weighted by Crippen LogP contribution is -2.35. The Kier molecular flexibility index (Phi) is 11.6. The smallest absolute Gasteiger partial charge is 0.416 e. The Morgan fingerprint density at radius 3 is 2.10 bits per heavy atom. The molecule has 0 spiro atoms. The molecule has 0 unspecified atom stereocenters. The van der Waals surface area contributed by atoms with Crippen LogP contribution in [0.5, 0.6) is 11.5 Å². The van der Waals surface area contributed by atoms with E-state index in [0.29, 0.717) is 16.3 Å². The fourth-order valence-corrected chi connectivity index (χ4v) is 5.20. The molecule has 0 aliphatic rings. The minimum absolute atomic E-state index is 0.00146. The first kappa shape index (κ1) is 37.1. The Morgan fingerprint density at radius 2 is 1.50 bits per heavy atom. The Hall–Kier alpha value is -6.21. The molecule has 52 heavy (non-hydrogen) atoms. The summed E-state index contributed by atoms with van der Waals surface area (Å²) in [6.07, 6.45) is -3.88. The number of anilines is 1. The predicted octanol–water partition coefficient (Wildman–Crippen LogP) is 7.56. The van der Waals surface area contributed by atoms with Crippen LogP contribution in [0.15, 0.2) is 109 Å². The van der Waals surface area contributed by atoms with Crippen LogP contribution in [-0.2, 0) is 28.7 Å². The van der Waals surface area contributed by atoms with Crippen LogP contribution in [-0.4, -0.2) is 52.4 Å². The standard InChI is InChI=1S/C38H29ClF3N3O7/c1-51-31-16-8-26(32(19-31)38(40,41)42)18-34(46)44-29-12-6-25(7-13-29)36(49)45(22-35(47)48)21-23-2-14-30(15-3-23)52-37(50)27-9-17-33(43-20-27)24-4-10-28(39)11-5-24/h2-17,19-20H,18,21-22H2,1H3,(H,44,46)(H,47,48). The molecule has 4 aromatic carbocycles. The molecular weight excluding hydrogens is 703 g/mol. The number of halogens is 4. The maximum Gasteiger partial charge on any atom is 0.416 e. The molecule has 0 atom stereocenters. The molecule has 266 valence electrons. The number of nitrogens with one attached hydrogen (secondary N) is 1. The van der Waals surface area contributed by atoms with Gasteiger partial charge in [0.1, 0.15) is 18.0 Å². The van der Waals surface area contributed by atoms with Gasteiger partial charge >= 0.3 is 18.1 Å². The number of benzene rings is 4. The third-order valence-electron chi connectivity index (χ3n) is 7.65. The van der Waals surface area contributed by atoms with Crippen LogP contribution >= 0.6 is 11.6 Å². The number of hydrogen-bond acceptors (Lipinski definition) is 7. The van der Waals surface area contributed by atoms with Gasteiger partial charge in [0, 0.05) is 34.6 Å². The van der Waals surface area contributed by atoms with Crippen LogP contribution in [0, 0.1) is 0 Å². The van der Waals surface area contributed by atoms with Gasteiger partial charge in [-0.05, 0) is 83.9 Å². The number of alkyl halides is 3. The Balaban J connectivity index is 1.19. The Bertz CT molecular complexity index is 2070. The van der Waals surface area contributed by atoms with E-state index in [2.05, 4.69) is 10.3 Å². The van der Waals surface area contributed by atoms with Gasteiger partial charge in [0.25, 0.3) is 5.91 Å². The summed E-state index contributed by atoms with van der Waals surface area (Å²) in [7, 11) is 1.24. The number of carboxylic acids is 1. The second-order valence-electron chi connectivity index (χ2n) is 11.4. The molecule has 5 rings (SSSR count). The van der Waals surface area contributed by atoms with E-state index in [-0.39, 0.29) is 40.4 Å². The third-order valence-corrected chi connectivity index (χ3v) is 7.90. The number of aromatic nitrogens is 1. The predicted molar refractivity (Wildman–Crippen MR) is 185 cm³/mol. The molecule has 10 nitrogen and oxygen atoms in total. The minimum atomic E-state index is -4.70. The number of nitrogens with zero attached hydrogens (tertiary/aromatic N) is 2. The van der Waals surface area contributed by atoms with Crippen molar-refractivity contribution in [3.05, 3.63) is 142 Å². The average molecular weight is 732 g/mol. The average Bonchev–Trinajstić information content (AvgIpc) is 3.12. The number of carboxylic acid groups (broad SMARTS) is 1. The van der Waals surface area contributed by atoms with E-state index in [0.717, 1.165) is 16.5 Å². The zero-order chi connectivity index (χ0) is 37.4. The van der Waals surface area contributed by atoms with Crippen molar-refractivity contribution < 1.29 is 46.9 Å². The van der Waals surface area contributed by atoms with Gasteiger partial charge in [0.15, 0.2) is 0 Å². The van der Waals surface area contributed by atoms with Gasteiger partial charge in [-0.3, -0.25) is 19.4 Å². The van der Waals surface area contributed by atoms with E-state index in [1.807, 2.05) is 12.1 Å². The highest BCUT2D eigenvalue weighted by Crippen LogP contribution is 2.35. The summed E-state index contributed by atoms with van der Waals surface area (Å²) in [5.41, 5.74) is 1.32. The van der Waals surface area contributed by atoms with Crippen molar-refractivity contribution in [1.82, 2.24) is 9.88 Å². The number of carbonyl (C=O) groups is 4. The number of rotatable bonds is 12. The summed E-state index contributed by atoms with van der Waals surface area (Å²) in [5, 5.41) is 12.6. The molecule has 0 radical (unpaired) electrons. The van der Waals surface area contributed by atoms with Gasteiger partial charge in [0.2, 0.25) is 5.91 Å². The molecule has 2 amide bonds. The van der Waals surface area contributed by atoms with Crippen LogP contribution in [0.25, 0.3) is 11.3 Å². The first-order valence-electron chi connectivity index (χ1n) is 15.5. The molecule has 1 aromatic heterocycles. The SMILES string of the molecule is COc1ccc(CC(=O)Nc2ccc(C(=O)N(CC(=O)O)Cc3ccc(OC(=O)c4ccc(-c5ccc(Cl)cc5)nc4)cc3)cc2)c(C(F)(F)F)c1. The Morgan fingerprint density at radius 1 is 0.846 bits per heavy atom. The quantitative estimate of drug-likeness (QED) is 0.0992. The van der Waals surface area contributed by atoms with Crippen molar-refractivity contribution >= 4 is 41.0 Å². The van der Waals surface area contributed by atoms with E-state index in [9.17, 15) is 37.5 Å². The van der Waals surface area contributed by atoms with Crippen LogP contribution < -0.4 is 14.8 Å². The summed E-state index contributed by atoms with van der Waals surface area (Å²) < 4.78 is 50.9. The van der Waals surface area contributed by atoms with Gasteiger partial charge in [-0.2, -0.15) is 13.2 Å². The van der Waals surface area contributed by atoms with Crippen LogP contribution in [0.4, 0.5) is 18.9 Å². The molecule has 0 bridgehead atoms. The normalized spacial score (nSPS) is 11.0. The van der Waals surface area contributed by atoms with Gasteiger partial charge in [0.05, 0.1) is 30.4 Å². The molecule has 0 fully saturated rings. The lowest BCUT2D eigenvalue weighted by atomic mass is 10.0. The summed E-state index contributed by atoms with van der Waals surface area (Å²) in [4.78, 5) is 55.7. The monoisotopic (exact) mass is 731 g/mol. The maximum absolute atomic E-state index is 13.5. The Labute approximate surface area is 300 Å². The lowest BCUT2D eigenvalue weighted by molar-refractivity contribution is -0.139. The molecule has 1 heterocycles. The van der Waals surface area contributed by atoms with Crippen molar-refractivity contribution in [2.45, 2.75) is 19.1 Å². The molecule has 0 saturated carbocycles. The number of carbonyl (C=O) groups excluding carboxylic acids is 3. The molecule has 0 aliphatic heterocycles. The van der Waals surface area contributed by atoms with E-state index < -0.39 is 48.5 Å². The topological polar surface area (TPSA) is 135 Å². The third kappa shape index (κ3) is 9.73. The zero-order valence-electron chi connectivity index (χ0n) is 27.3. The zero-order valence-corrected chi connectivity index (χ0v) is 28.1. The fraction of sp³-hybridized carbons (Fsp3) is 0.132. The maximum atomic E-state index is 13.5. The summed E-state index contributed by atoms with van der Waals surface area (Å²) in [6.45, 7) is -0.728. The second-order valence-corrected chi connectivity index (χ2v) is 11.8. The largest absolute Gasteiger partial charge is 0.497 e. The van der Waals surface area contributed by atoms with Crippen LogP contribution in [0.1, 0.15) is 37.4 Å². The molecule has 0 aliphatic carbocycles. The summed E-state index contributed by atoms with van der Waals surface area (Å²) in [6, 6.07) is 25.3. The summed E-state index contributed by atoms with van der Waals surface area (Å²) in [5.74, 6) is -3.03. The number of ether oxygens (including phenoxy) is 2. The molecule has 14 heteroatoms. The van der Waals surface area contributed by atoms with Crippen molar-refractivity contribution in [3.63, 3.8) is 0 Å². The first-order valence-corrected chi connectivity index (χ1v) is 15.8. The van der Waals surface area contributed by atoms with E-state index >= 15 is 0 Å². The summed E-state index contributed by atoms with van der Waals surface area (Å²) >= 11 is 5.93. The van der Waals surface area contributed by atoms with Crippen molar-refractivity contribution in [2.75, 3.05) is 19.0 Å². The number of amides is 2. The highest BCUT2D eigenvalue weighted by atomic mass is 35.5. The number of aliphatic carboxylic acids is 1. The van der Waals surface area contributed by atoms with Crippen molar-refractivity contribution in [1.29, 1.82) is 0 Å². The van der Waals surface area contributed by atoms with E-state index in [4.69, 9.17) is 21.1 Å². The number of methoxy groups -OCH3 is 1. The van der Waals surface area contributed by atoms with Crippen molar-refractivity contribution in [3.8, 4) is 22.8 Å². The van der Waals surface area contributed by atoms with E-state index in [1.165, 1.54) is 61.8 Å². The van der Waals surface area contributed by atoms with Crippen molar-refractivity contribution in [2.24, 2.45) is 0 Å². The van der Waals surface area contributed by atoms with Gasteiger partial charge in [-0.15, -0.1) is 0 Å². The molecule has 0 saturated heterocycles.